The van der Waals surface area contributed by atoms with Crippen molar-refractivity contribution < 1.29 is 4.74 Å². The van der Waals surface area contributed by atoms with Crippen LogP contribution in [0.1, 0.15) is 6.92 Å². The van der Waals surface area contributed by atoms with Crippen molar-refractivity contribution in [1.29, 1.82) is 0 Å². The highest BCUT2D eigenvalue weighted by Gasteiger charge is 2.12. The van der Waals surface area contributed by atoms with Gasteiger partial charge in [0.05, 0.1) is 12.6 Å². The van der Waals surface area contributed by atoms with Gasteiger partial charge in [-0.2, -0.15) is 9.97 Å². The number of anilines is 3. The molecule has 0 saturated carbocycles. The molecule has 0 amide bonds. The average Bonchev–Trinajstić information content (AvgIpc) is 2.27. The molecule has 7 heteroatoms. The summed E-state index contributed by atoms with van der Waals surface area (Å²) in [5, 5.41) is 0. The molecule has 0 aliphatic carbocycles. The highest BCUT2D eigenvalue weighted by molar-refractivity contribution is 5.52. The zero-order valence-electron chi connectivity index (χ0n) is 9.77. The van der Waals surface area contributed by atoms with Gasteiger partial charge in [-0.15, -0.1) is 0 Å². The van der Waals surface area contributed by atoms with Crippen LogP contribution in [-0.2, 0) is 4.74 Å². The Balaban J connectivity index is 2.89. The van der Waals surface area contributed by atoms with E-state index in [1.54, 1.807) is 13.2 Å². The van der Waals surface area contributed by atoms with E-state index >= 15 is 0 Å². The molecule has 0 fully saturated rings. The van der Waals surface area contributed by atoms with Gasteiger partial charge in [-0.25, -0.2) is 5.84 Å². The first-order chi connectivity index (χ1) is 7.58. The van der Waals surface area contributed by atoms with Gasteiger partial charge in [0.1, 0.15) is 11.6 Å². The summed E-state index contributed by atoms with van der Waals surface area (Å²) < 4.78 is 5.08. The molecule has 0 aliphatic heterocycles. The predicted octanol–water partition coefficient (Wildman–Crippen LogP) is -0.184. The van der Waals surface area contributed by atoms with Gasteiger partial charge in [-0.3, -0.25) is 0 Å². The minimum absolute atomic E-state index is 0.182. The van der Waals surface area contributed by atoms with E-state index in [2.05, 4.69) is 15.4 Å². The maximum absolute atomic E-state index is 5.57. The number of ether oxygens (including phenoxy) is 1. The lowest BCUT2D eigenvalue weighted by atomic mass is 10.3. The number of nitrogens with zero attached hydrogens (tertiary/aromatic N) is 3. The fourth-order valence-electron chi connectivity index (χ4n) is 1.29. The fraction of sp³-hybridized carbons (Fsp3) is 0.556. The second-order valence-electron chi connectivity index (χ2n) is 3.53. The van der Waals surface area contributed by atoms with Crippen LogP contribution >= 0.6 is 0 Å². The summed E-state index contributed by atoms with van der Waals surface area (Å²) in [7, 11) is 3.57. The number of aromatic nitrogens is 2. The van der Waals surface area contributed by atoms with E-state index in [1.165, 1.54) is 0 Å². The van der Waals surface area contributed by atoms with Gasteiger partial charge in [0.15, 0.2) is 0 Å². The molecule has 1 unspecified atom stereocenters. The molecule has 5 N–H and O–H groups in total. The smallest absolute Gasteiger partial charge is 0.223 e. The molecule has 0 saturated heterocycles. The van der Waals surface area contributed by atoms with Gasteiger partial charge in [0.2, 0.25) is 5.95 Å². The van der Waals surface area contributed by atoms with Gasteiger partial charge in [0, 0.05) is 20.2 Å². The van der Waals surface area contributed by atoms with Crippen LogP contribution in [0.3, 0.4) is 0 Å². The topological polar surface area (TPSA) is 102 Å². The van der Waals surface area contributed by atoms with E-state index < -0.39 is 0 Å². The number of hydrogen-bond donors (Lipinski definition) is 3. The summed E-state index contributed by atoms with van der Waals surface area (Å²) >= 11 is 0. The monoisotopic (exact) mass is 226 g/mol. The molecule has 0 spiro atoms. The molecule has 0 aliphatic rings. The van der Waals surface area contributed by atoms with Crippen molar-refractivity contribution in [2.24, 2.45) is 5.84 Å². The number of hydrazine groups is 1. The standard InChI is InChI=1S/C9H18N6O/c1-6(5-16-3)15(2)8-4-7(14-11)12-9(10)13-8/h4,6H,5,11H2,1-3H3,(H3,10,12,13,14). The van der Waals surface area contributed by atoms with Gasteiger partial charge >= 0.3 is 0 Å². The summed E-state index contributed by atoms with van der Waals surface area (Å²) in [5.74, 6) is 6.65. The van der Waals surface area contributed by atoms with Crippen LogP contribution in [0, 0.1) is 0 Å². The Morgan fingerprint density at radius 2 is 2.25 bits per heavy atom. The Morgan fingerprint density at radius 3 is 2.81 bits per heavy atom. The lowest BCUT2D eigenvalue weighted by Crippen LogP contribution is -2.33. The average molecular weight is 226 g/mol. The molecule has 1 aromatic heterocycles. The Kier molecular flexibility index (Phi) is 4.27. The van der Waals surface area contributed by atoms with Crippen molar-refractivity contribution >= 4 is 17.6 Å². The lowest BCUT2D eigenvalue weighted by Gasteiger charge is -2.25. The minimum atomic E-state index is 0.182. The SMILES string of the molecule is COCC(C)N(C)c1cc(NN)nc(N)n1. The molecule has 7 nitrogen and oxygen atoms in total. The van der Waals surface area contributed by atoms with Crippen molar-refractivity contribution in [2.75, 3.05) is 36.8 Å². The van der Waals surface area contributed by atoms with E-state index in [1.807, 2.05) is 18.9 Å². The van der Waals surface area contributed by atoms with Gasteiger partial charge in [-0.05, 0) is 6.92 Å². The molecule has 1 heterocycles. The summed E-state index contributed by atoms with van der Waals surface area (Å²) in [4.78, 5) is 9.99. The second kappa shape index (κ2) is 5.47. The number of rotatable bonds is 5. The minimum Gasteiger partial charge on any atom is -0.383 e. The van der Waals surface area contributed by atoms with E-state index in [4.69, 9.17) is 16.3 Å². The Hall–Kier alpha value is -1.60. The van der Waals surface area contributed by atoms with E-state index in [9.17, 15) is 0 Å². The molecular formula is C9H18N6O. The molecule has 0 bridgehead atoms. The van der Waals surface area contributed by atoms with Gasteiger partial charge in [0.25, 0.3) is 0 Å². The van der Waals surface area contributed by atoms with Gasteiger partial charge < -0.3 is 20.8 Å². The lowest BCUT2D eigenvalue weighted by molar-refractivity contribution is 0.183. The highest BCUT2D eigenvalue weighted by atomic mass is 16.5. The third-order valence-electron chi connectivity index (χ3n) is 2.31. The Bertz CT molecular complexity index is 345. The highest BCUT2D eigenvalue weighted by Crippen LogP contribution is 2.17. The second-order valence-corrected chi connectivity index (χ2v) is 3.53. The van der Waals surface area contributed by atoms with Crippen molar-refractivity contribution in [3.8, 4) is 0 Å². The normalized spacial score (nSPS) is 12.2. The summed E-state index contributed by atoms with van der Waals surface area (Å²) in [6, 6.07) is 1.91. The van der Waals surface area contributed by atoms with Crippen LogP contribution in [-0.4, -0.2) is 36.8 Å². The number of nitrogen functional groups attached to an aromatic ring is 2. The first-order valence-corrected chi connectivity index (χ1v) is 4.91. The molecule has 1 atom stereocenters. The van der Waals surface area contributed by atoms with Crippen LogP contribution in [0.4, 0.5) is 17.6 Å². The molecule has 16 heavy (non-hydrogen) atoms. The summed E-state index contributed by atoms with van der Waals surface area (Å²) in [5.41, 5.74) is 8.02. The maximum Gasteiger partial charge on any atom is 0.223 e. The van der Waals surface area contributed by atoms with Crippen LogP contribution in [0.2, 0.25) is 0 Å². The van der Waals surface area contributed by atoms with Crippen molar-refractivity contribution in [3.63, 3.8) is 0 Å². The molecule has 1 aromatic rings. The number of nitrogens with one attached hydrogen (secondary N) is 1. The quantitative estimate of drug-likeness (QED) is 0.472. The maximum atomic E-state index is 5.57. The largest absolute Gasteiger partial charge is 0.383 e. The number of methoxy groups -OCH3 is 1. The van der Waals surface area contributed by atoms with Crippen LogP contribution in [0.15, 0.2) is 6.07 Å². The van der Waals surface area contributed by atoms with Crippen molar-refractivity contribution in [3.05, 3.63) is 6.07 Å². The van der Waals surface area contributed by atoms with E-state index in [0.717, 1.165) is 0 Å². The van der Waals surface area contributed by atoms with Crippen LogP contribution in [0.25, 0.3) is 0 Å². The zero-order valence-corrected chi connectivity index (χ0v) is 9.77. The van der Waals surface area contributed by atoms with Crippen molar-refractivity contribution in [1.82, 2.24) is 9.97 Å². The number of hydrogen-bond acceptors (Lipinski definition) is 7. The Morgan fingerprint density at radius 1 is 1.56 bits per heavy atom. The van der Waals surface area contributed by atoms with Crippen LogP contribution in [0.5, 0.6) is 0 Å². The molecule has 90 valence electrons. The summed E-state index contributed by atoms with van der Waals surface area (Å²) in [6.45, 7) is 2.63. The predicted molar refractivity (Wildman–Crippen MR) is 64.0 cm³/mol. The fourth-order valence-corrected chi connectivity index (χ4v) is 1.29. The molecule has 1 rings (SSSR count). The van der Waals surface area contributed by atoms with Crippen molar-refractivity contribution in [2.45, 2.75) is 13.0 Å². The Labute approximate surface area is 94.8 Å². The number of nitrogens with two attached hydrogens (primary N) is 2. The molecular weight excluding hydrogens is 208 g/mol. The first-order valence-electron chi connectivity index (χ1n) is 4.91. The van der Waals surface area contributed by atoms with E-state index in [0.29, 0.717) is 18.2 Å². The first kappa shape index (κ1) is 12.5. The number of likely N-dealkylation sites (N-methyl/N-ethyl adjacent to an activating group) is 1. The van der Waals surface area contributed by atoms with E-state index in [-0.39, 0.29) is 12.0 Å². The third-order valence-corrected chi connectivity index (χ3v) is 2.31. The summed E-state index contributed by atoms with van der Waals surface area (Å²) in [6.07, 6.45) is 0. The third kappa shape index (κ3) is 2.94. The van der Waals surface area contributed by atoms with Gasteiger partial charge in [-0.1, -0.05) is 0 Å². The molecule has 0 aromatic carbocycles. The van der Waals surface area contributed by atoms with Crippen LogP contribution < -0.4 is 21.9 Å². The zero-order chi connectivity index (χ0) is 12.1. The molecule has 0 radical (unpaired) electrons.